The molecule has 4 rings (SSSR count). The molecule has 4 aromatic rings. The average molecular weight is 420 g/mol. The average Bonchev–Trinajstić information content (AvgIpc) is 3.39. The third-order valence-corrected chi connectivity index (χ3v) is 5.75. The summed E-state index contributed by atoms with van der Waals surface area (Å²) < 4.78 is 7.13. The van der Waals surface area contributed by atoms with Gasteiger partial charge in [-0.25, -0.2) is 14.5 Å². The highest BCUT2D eigenvalue weighted by atomic mass is 32.1. The highest BCUT2D eigenvalue weighted by Gasteiger charge is 2.18. The van der Waals surface area contributed by atoms with E-state index < -0.39 is 5.97 Å². The largest absolute Gasteiger partial charge is 0.455 e. The summed E-state index contributed by atoms with van der Waals surface area (Å²) in [5, 5.41) is 8.99. The van der Waals surface area contributed by atoms with Crippen LogP contribution in [0.2, 0.25) is 0 Å². The Bertz CT molecular complexity index is 1200. The van der Waals surface area contributed by atoms with E-state index in [1.807, 2.05) is 50.2 Å². The standard InChI is InChI=1S/C22H21N5O2S/c1-4-17-11-16(8-9-23-17)21-24-15(3)20(30-21)22(28)29-13-18-12-27(26-25-18)19-7-5-6-14(2)10-19/h5-12H,4,13H2,1-3H3. The zero-order valence-corrected chi connectivity index (χ0v) is 17.8. The van der Waals surface area contributed by atoms with Gasteiger partial charge in [0.2, 0.25) is 0 Å². The van der Waals surface area contributed by atoms with Crippen molar-refractivity contribution < 1.29 is 9.53 Å². The lowest BCUT2D eigenvalue weighted by atomic mass is 10.2. The SMILES string of the molecule is CCc1cc(-c2nc(C)c(C(=O)OCc3cn(-c4cccc(C)c4)nn3)s2)ccn1. The van der Waals surface area contributed by atoms with E-state index in [-0.39, 0.29) is 6.61 Å². The number of pyridine rings is 1. The Balaban J connectivity index is 1.45. The summed E-state index contributed by atoms with van der Waals surface area (Å²) >= 11 is 1.32. The van der Waals surface area contributed by atoms with Gasteiger partial charge in [-0.05, 0) is 50.1 Å². The third-order valence-electron chi connectivity index (χ3n) is 4.57. The number of esters is 1. The van der Waals surface area contributed by atoms with E-state index in [0.29, 0.717) is 16.3 Å². The topological polar surface area (TPSA) is 82.8 Å². The molecule has 0 aliphatic carbocycles. The summed E-state index contributed by atoms with van der Waals surface area (Å²) in [5.41, 5.74) is 5.21. The first kappa shape index (κ1) is 19.9. The minimum absolute atomic E-state index is 0.0482. The number of hydrogen-bond donors (Lipinski definition) is 0. The van der Waals surface area contributed by atoms with E-state index in [2.05, 4.69) is 27.2 Å². The molecule has 7 nitrogen and oxygen atoms in total. The van der Waals surface area contributed by atoms with Crippen molar-refractivity contribution in [2.45, 2.75) is 33.8 Å². The normalized spacial score (nSPS) is 10.9. The number of ether oxygens (including phenoxy) is 1. The van der Waals surface area contributed by atoms with Crippen LogP contribution < -0.4 is 0 Å². The quantitative estimate of drug-likeness (QED) is 0.433. The highest BCUT2D eigenvalue weighted by Crippen LogP contribution is 2.28. The fraction of sp³-hybridized carbons (Fsp3) is 0.227. The predicted octanol–water partition coefficient (Wildman–Crippen LogP) is 4.32. The van der Waals surface area contributed by atoms with Crippen LogP contribution in [0, 0.1) is 13.8 Å². The second kappa shape index (κ2) is 8.54. The van der Waals surface area contributed by atoms with Crippen LogP contribution >= 0.6 is 11.3 Å². The maximum absolute atomic E-state index is 12.6. The van der Waals surface area contributed by atoms with E-state index >= 15 is 0 Å². The molecule has 0 N–H and O–H groups in total. The second-order valence-corrected chi connectivity index (χ2v) is 7.89. The lowest BCUT2D eigenvalue weighted by Crippen LogP contribution is -2.05. The molecule has 0 radical (unpaired) electrons. The molecular weight excluding hydrogens is 398 g/mol. The summed E-state index contributed by atoms with van der Waals surface area (Å²) in [5.74, 6) is -0.411. The Morgan fingerprint density at radius 3 is 2.83 bits per heavy atom. The Hall–Kier alpha value is -3.39. The number of hydrogen-bond acceptors (Lipinski definition) is 7. The number of aromatic nitrogens is 5. The minimum Gasteiger partial charge on any atom is -0.455 e. The number of rotatable bonds is 6. The first-order chi connectivity index (χ1) is 14.5. The van der Waals surface area contributed by atoms with Crippen molar-refractivity contribution in [3.8, 4) is 16.3 Å². The van der Waals surface area contributed by atoms with Gasteiger partial charge in [0.15, 0.2) is 0 Å². The number of benzene rings is 1. The van der Waals surface area contributed by atoms with Gasteiger partial charge < -0.3 is 4.74 Å². The van der Waals surface area contributed by atoms with Gasteiger partial charge in [-0.2, -0.15) is 0 Å². The predicted molar refractivity (Wildman–Crippen MR) is 115 cm³/mol. The number of carbonyl (C=O) groups is 1. The van der Waals surface area contributed by atoms with Gasteiger partial charge >= 0.3 is 5.97 Å². The van der Waals surface area contributed by atoms with Crippen molar-refractivity contribution in [1.82, 2.24) is 25.0 Å². The lowest BCUT2D eigenvalue weighted by molar-refractivity contribution is 0.0472. The molecule has 152 valence electrons. The molecular formula is C22H21N5O2S. The first-order valence-electron chi connectivity index (χ1n) is 9.61. The fourth-order valence-electron chi connectivity index (χ4n) is 2.98. The number of thiazole rings is 1. The van der Waals surface area contributed by atoms with Gasteiger partial charge in [-0.15, -0.1) is 16.4 Å². The summed E-state index contributed by atoms with van der Waals surface area (Å²) in [4.78, 5) is 22.0. The summed E-state index contributed by atoms with van der Waals surface area (Å²) in [6.07, 6.45) is 4.37. The number of carbonyl (C=O) groups excluding carboxylic acids is 1. The zero-order chi connectivity index (χ0) is 21.1. The molecule has 0 spiro atoms. The Morgan fingerprint density at radius 2 is 2.03 bits per heavy atom. The molecule has 30 heavy (non-hydrogen) atoms. The van der Waals surface area contributed by atoms with E-state index in [4.69, 9.17) is 4.74 Å². The van der Waals surface area contributed by atoms with Gasteiger partial charge in [-0.3, -0.25) is 4.98 Å². The molecule has 0 amide bonds. The van der Waals surface area contributed by atoms with Crippen molar-refractivity contribution in [2.24, 2.45) is 0 Å². The Morgan fingerprint density at radius 1 is 1.17 bits per heavy atom. The third kappa shape index (κ3) is 4.28. The summed E-state index contributed by atoms with van der Waals surface area (Å²) in [6.45, 7) is 5.93. The van der Waals surface area contributed by atoms with Crippen LogP contribution in [0.4, 0.5) is 0 Å². The van der Waals surface area contributed by atoms with Gasteiger partial charge in [0.05, 0.1) is 17.6 Å². The molecule has 8 heteroatoms. The van der Waals surface area contributed by atoms with Gasteiger partial charge in [0, 0.05) is 17.5 Å². The van der Waals surface area contributed by atoms with Gasteiger partial charge in [0.1, 0.15) is 22.2 Å². The van der Waals surface area contributed by atoms with Crippen LogP contribution in [-0.4, -0.2) is 30.9 Å². The molecule has 3 heterocycles. The van der Waals surface area contributed by atoms with Crippen LogP contribution in [0.1, 0.15) is 39.2 Å². The van der Waals surface area contributed by atoms with E-state index in [0.717, 1.165) is 33.9 Å². The van der Waals surface area contributed by atoms with Crippen LogP contribution in [0.15, 0.2) is 48.8 Å². The minimum atomic E-state index is -0.411. The first-order valence-corrected chi connectivity index (χ1v) is 10.4. The summed E-state index contributed by atoms with van der Waals surface area (Å²) in [6, 6.07) is 11.8. The van der Waals surface area contributed by atoms with Crippen LogP contribution in [0.25, 0.3) is 16.3 Å². The van der Waals surface area contributed by atoms with Crippen molar-refractivity contribution in [3.05, 3.63) is 76.3 Å². The molecule has 0 aliphatic rings. The van der Waals surface area contributed by atoms with Crippen LogP contribution in [0.3, 0.4) is 0 Å². The monoisotopic (exact) mass is 419 g/mol. The molecule has 3 aromatic heterocycles. The van der Waals surface area contributed by atoms with Crippen LogP contribution in [0.5, 0.6) is 0 Å². The lowest BCUT2D eigenvalue weighted by Gasteiger charge is -2.01. The van der Waals surface area contributed by atoms with Gasteiger partial charge in [-0.1, -0.05) is 24.3 Å². The van der Waals surface area contributed by atoms with E-state index in [9.17, 15) is 4.79 Å². The Kier molecular flexibility index (Phi) is 5.67. The van der Waals surface area contributed by atoms with E-state index in [1.54, 1.807) is 17.1 Å². The van der Waals surface area contributed by atoms with Crippen molar-refractivity contribution in [2.75, 3.05) is 0 Å². The Labute approximate surface area is 178 Å². The number of aryl methyl sites for hydroxylation is 3. The maximum Gasteiger partial charge on any atom is 0.350 e. The summed E-state index contributed by atoms with van der Waals surface area (Å²) in [7, 11) is 0. The van der Waals surface area contributed by atoms with Gasteiger partial charge in [0.25, 0.3) is 0 Å². The van der Waals surface area contributed by atoms with Crippen molar-refractivity contribution >= 4 is 17.3 Å². The van der Waals surface area contributed by atoms with Crippen LogP contribution in [-0.2, 0) is 17.8 Å². The molecule has 1 aromatic carbocycles. The van der Waals surface area contributed by atoms with Crippen molar-refractivity contribution in [3.63, 3.8) is 0 Å². The maximum atomic E-state index is 12.6. The molecule has 0 fully saturated rings. The zero-order valence-electron chi connectivity index (χ0n) is 17.0. The molecule has 0 unspecified atom stereocenters. The van der Waals surface area contributed by atoms with E-state index in [1.165, 1.54) is 11.3 Å². The highest BCUT2D eigenvalue weighted by molar-refractivity contribution is 7.17. The number of nitrogens with zero attached hydrogens (tertiary/aromatic N) is 5. The smallest absolute Gasteiger partial charge is 0.350 e. The fourth-order valence-corrected chi connectivity index (χ4v) is 3.94. The van der Waals surface area contributed by atoms with Crippen molar-refractivity contribution in [1.29, 1.82) is 0 Å². The molecule has 0 saturated heterocycles. The second-order valence-electron chi connectivity index (χ2n) is 6.89. The molecule has 0 bridgehead atoms. The molecule has 0 saturated carbocycles. The molecule has 0 aliphatic heterocycles. The molecule has 0 atom stereocenters.